The summed E-state index contributed by atoms with van der Waals surface area (Å²) in [7, 11) is 4.84. The summed E-state index contributed by atoms with van der Waals surface area (Å²) in [5.41, 5.74) is 4.97. The lowest BCUT2D eigenvalue weighted by Gasteiger charge is -2.24. The molecular weight excluding hydrogens is 433 g/mol. The summed E-state index contributed by atoms with van der Waals surface area (Å²) in [4.78, 5) is 14.4. The number of urea groups is 1. The Hall–Kier alpha value is -4.00. The molecule has 0 aliphatic carbocycles. The summed E-state index contributed by atoms with van der Waals surface area (Å²) < 4.78 is 25.1. The molecule has 0 saturated carbocycles. The number of nitrogens with one attached hydrogen (secondary N) is 2. The normalized spacial score (nSPS) is 15.0. The molecule has 3 aromatic rings. The number of hydrogen-bond acceptors (Lipinski definition) is 4. The molecule has 2 N–H and O–H groups in total. The van der Waals surface area contributed by atoms with Crippen molar-refractivity contribution in [2.45, 2.75) is 19.4 Å². The van der Waals surface area contributed by atoms with Crippen molar-refractivity contribution in [3.05, 3.63) is 89.4 Å². The van der Waals surface area contributed by atoms with E-state index in [9.17, 15) is 9.18 Å². The molecule has 0 aromatic heterocycles. The molecule has 34 heavy (non-hydrogen) atoms. The summed E-state index contributed by atoms with van der Waals surface area (Å²) in [6.07, 6.45) is 2.52. The minimum atomic E-state index is -0.316. The van der Waals surface area contributed by atoms with E-state index in [1.165, 1.54) is 6.07 Å². The van der Waals surface area contributed by atoms with Crippen LogP contribution in [0.3, 0.4) is 0 Å². The highest BCUT2D eigenvalue weighted by atomic mass is 19.1. The van der Waals surface area contributed by atoms with Gasteiger partial charge in [-0.2, -0.15) is 0 Å². The molecule has 1 atom stereocenters. The number of benzene rings is 3. The zero-order valence-electron chi connectivity index (χ0n) is 19.7. The number of carbonyl (C=O) groups excluding carboxylic acids is 1. The fourth-order valence-corrected chi connectivity index (χ4v) is 4.16. The van der Waals surface area contributed by atoms with E-state index in [0.29, 0.717) is 23.6 Å². The minimum absolute atomic E-state index is 0.0729. The molecule has 0 radical (unpaired) electrons. The average Bonchev–Trinajstić information content (AvgIpc) is 3.00. The van der Waals surface area contributed by atoms with Crippen LogP contribution in [0.1, 0.15) is 23.6 Å². The third-order valence-electron chi connectivity index (χ3n) is 5.96. The SMILES string of the molecule is CNC(=O)N1C=C(c2ccc(Nc3ccccc3F)cc2)c2cc(OC)c(OC)cc2C[C@H]1C. The molecule has 6 nitrogen and oxygen atoms in total. The molecule has 0 saturated heterocycles. The number of ether oxygens (including phenoxy) is 2. The van der Waals surface area contributed by atoms with Crippen molar-refractivity contribution < 1.29 is 18.7 Å². The zero-order valence-corrected chi connectivity index (χ0v) is 19.7. The number of amides is 2. The molecule has 3 aromatic carbocycles. The maximum atomic E-state index is 14.0. The lowest BCUT2D eigenvalue weighted by molar-refractivity contribution is 0.205. The van der Waals surface area contributed by atoms with Crippen LogP contribution in [0.25, 0.3) is 5.57 Å². The van der Waals surface area contributed by atoms with Gasteiger partial charge in [0.15, 0.2) is 11.5 Å². The van der Waals surface area contributed by atoms with Gasteiger partial charge in [-0.05, 0) is 66.4 Å². The van der Waals surface area contributed by atoms with Crippen LogP contribution in [0.15, 0.2) is 66.9 Å². The molecule has 0 bridgehead atoms. The van der Waals surface area contributed by atoms with Crippen LogP contribution in [0.5, 0.6) is 11.5 Å². The number of carbonyl (C=O) groups is 1. The number of rotatable bonds is 5. The fourth-order valence-electron chi connectivity index (χ4n) is 4.16. The van der Waals surface area contributed by atoms with Gasteiger partial charge in [-0.15, -0.1) is 0 Å². The summed E-state index contributed by atoms with van der Waals surface area (Å²) in [6, 6.07) is 17.9. The highest BCUT2D eigenvalue weighted by Gasteiger charge is 2.26. The Morgan fingerprint density at radius 3 is 2.35 bits per heavy atom. The molecule has 0 spiro atoms. The number of para-hydroxylation sites is 1. The predicted molar refractivity (Wildman–Crippen MR) is 132 cm³/mol. The number of methoxy groups -OCH3 is 2. The first-order chi connectivity index (χ1) is 16.4. The number of nitrogens with zero attached hydrogens (tertiary/aromatic N) is 1. The van der Waals surface area contributed by atoms with Crippen molar-refractivity contribution in [2.75, 3.05) is 26.6 Å². The van der Waals surface area contributed by atoms with Gasteiger partial charge in [0.25, 0.3) is 0 Å². The Balaban J connectivity index is 1.78. The van der Waals surface area contributed by atoms with E-state index >= 15 is 0 Å². The molecule has 2 amide bonds. The van der Waals surface area contributed by atoms with Gasteiger partial charge >= 0.3 is 6.03 Å². The fraction of sp³-hybridized carbons (Fsp3) is 0.222. The van der Waals surface area contributed by atoms with Crippen LogP contribution in [0.2, 0.25) is 0 Å². The van der Waals surface area contributed by atoms with Crippen molar-refractivity contribution in [3.8, 4) is 11.5 Å². The van der Waals surface area contributed by atoms with Gasteiger partial charge in [-0.1, -0.05) is 24.3 Å². The van der Waals surface area contributed by atoms with Crippen LogP contribution >= 0.6 is 0 Å². The van der Waals surface area contributed by atoms with E-state index in [1.807, 2.05) is 49.5 Å². The number of hydrogen-bond donors (Lipinski definition) is 2. The van der Waals surface area contributed by atoms with Crippen molar-refractivity contribution in [1.29, 1.82) is 0 Å². The second-order valence-corrected chi connectivity index (χ2v) is 8.10. The number of fused-ring (bicyclic) bond motifs is 1. The standard InChI is InChI=1S/C27H28FN3O3/c1-17-13-19-14-25(33-3)26(34-4)15-21(19)22(16-31(17)27(32)29-2)18-9-11-20(12-10-18)30-24-8-6-5-7-23(24)28/h5-12,14-17,30H,13H2,1-4H3,(H,29,32)/t17-/m1/s1. The van der Waals surface area contributed by atoms with Gasteiger partial charge in [0.1, 0.15) is 5.82 Å². The van der Waals surface area contributed by atoms with Crippen LogP contribution in [0, 0.1) is 5.82 Å². The van der Waals surface area contributed by atoms with Gasteiger partial charge in [0.05, 0.1) is 19.9 Å². The monoisotopic (exact) mass is 461 g/mol. The topological polar surface area (TPSA) is 62.8 Å². The summed E-state index contributed by atoms with van der Waals surface area (Å²) in [6.45, 7) is 2.01. The third-order valence-corrected chi connectivity index (χ3v) is 5.96. The highest BCUT2D eigenvalue weighted by Crippen LogP contribution is 2.39. The Morgan fingerprint density at radius 2 is 1.71 bits per heavy atom. The maximum Gasteiger partial charge on any atom is 0.321 e. The van der Waals surface area contributed by atoms with Crippen molar-refractivity contribution in [3.63, 3.8) is 0 Å². The van der Waals surface area contributed by atoms with E-state index in [1.54, 1.807) is 44.4 Å². The van der Waals surface area contributed by atoms with E-state index in [4.69, 9.17) is 9.47 Å². The second kappa shape index (κ2) is 9.87. The van der Waals surface area contributed by atoms with E-state index in [0.717, 1.165) is 28.0 Å². The molecular formula is C27H28FN3O3. The van der Waals surface area contributed by atoms with E-state index in [-0.39, 0.29) is 17.9 Å². The van der Waals surface area contributed by atoms with Gasteiger partial charge in [-0.25, -0.2) is 9.18 Å². The molecule has 0 fully saturated rings. The first-order valence-electron chi connectivity index (χ1n) is 11.0. The molecule has 1 aliphatic heterocycles. The lowest BCUT2D eigenvalue weighted by atomic mass is 9.92. The van der Waals surface area contributed by atoms with Crippen LogP contribution in [-0.2, 0) is 6.42 Å². The van der Waals surface area contributed by atoms with E-state index in [2.05, 4.69) is 10.6 Å². The summed E-state index contributed by atoms with van der Waals surface area (Å²) >= 11 is 0. The van der Waals surface area contributed by atoms with Crippen LogP contribution < -0.4 is 20.1 Å². The molecule has 4 rings (SSSR count). The smallest absolute Gasteiger partial charge is 0.321 e. The Morgan fingerprint density at radius 1 is 1.03 bits per heavy atom. The van der Waals surface area contributed by atoms with E-state index < -0.39 is 0 Å². The van der Waals surface area contributed by atoms with Crippen LogP contribution in [0.4, 0.5) is 20.6 Å². The van der Waals surface area contributed by atoms with Gasteiger partial charge in [0.2, 0.25) is 0 Å². The van der Waals surface area contributed by atoms with Crippen molar-refractivity contribution in [1.82, 2.24) is 10.2 Å². The molecule has 176 valence electrons. The molecule has 7 heteroatoms. The maximum absolute atomic E-state index is 14.0. The molecule has 1 aliphatic rings. The Kier molecular flexibility index (Phi) is 6.72. The second-order valence-electron chi connectivity index (χ2n) is 8.10. The largest absolute Gasteiger partial charge is 0.493 e. The van der Waals surface area contributed by atoms with Gasteiger partial charge < -0.3 is 20.1 Å². The van der Waals surface area contributed by atoms with Crippen molar-refractivity contribution >= 4 is 23.0 Å². The van der Waals surface area contributed by atoms with Gasteiger partial charge in [0, 0.05) is 30.5 Å². The van der Waals surface area contributed by atoms with Gasteiger partial charge in [-0.3, -0.25) is 4.90 Å². The number of halogens is 1. The summed E-state index contributed by atoms with van der Waals surface area (Å²) in [5.74, 6) is 0.944. The molecule has 1 heterocycles. The lowest BCUT2D eigenvalue weighted by Crippen LogP contribution is -2.40. The summed E-state index contributed by atoms with van der Waals surface area (Å²) in [5, 5.41) is 5.83. The first-order valence-corrected chi connectivity index (χ1v) is 11.0. The Bertz CT molecular complexity index is 1220. The third kappa shape index (κ3) is 4.55. The average molecular weight is 462 g/mol. The zero-order chi connectivity index (χ0) is 24.2. The quantitative estimate of drug-likeness (QED) is 0.522. The van der Waals surface area contributed by atoms with Crippen LogP contribution in [-0.4, -0.2) is 38.2 Å². The van der Waals surface area contributed by atoms with Crippen molar-refractivity contribution in [2.24, 2.45) is 0 Å². The highest BCUT2D eigenvalue weighted by molar-refractivity contribution is 5.87. The Labute approximate surface area is 199 Å². The first kappa shape index (κ1) is 23.2. The number of anilines is 2. The predicted octanol–water partition coefficient (Wildman–Crippen LogP) is 5.56. The molecule has 0 unspecified atom stereocenters. The minimum Gasteiger partial charge on any atom is -0.493 e.